The lowest BCUT2D eigenvalue weighted by Gasteiger charge is -1.98. The number of aromatic hydroxyl groups is 1. The van der Waals surface area contributed by atoms with Crippen molar-refractivity contribution in [3.05, 3.63) is 29.5 Å². The van der Waals surface area contributed by atoms with Crippen molar-refractivity contribution >= 4 is 16.9 Å². The van der Waals surface area contributed by atoms with Crippen LogP contribution in [0.2, 0.25) is 0 Å². The Morgan fingerprint density at radius 1 is 1.43 bits per heavy atom. The Bertz CT molecular complexity index is 510. The molecule has 0 unspecified atom stereocenters. The van der Waals surface area contributed by atoms with Crippen molar-refractivity contribution in [3.63, 3.8) is 0 Å². The summed E-state index contributed by atoms with van der Waals surface area (Å²) in [6, 6.07) is 2.72. The van der Waals surface area contributed by atoms with Gasteiger partial charge in [-0.05, 0) is 18.6 Å². The fraction of sp³-hybridized carbons (Fsp3) is 0.100. The van der Waals surface area contributed by atoms with Crippen LogP contribution in [0.4, 0.5) is 0 Å². The van der Waals surface area contributed by atoms with Crippen molar-refractivity contribution in [3.8, 4) is 5.75 Å². The molecule has 2 N–H and O–H groups in total. The molecule has 4 heteroatoms. The number of rotatable bonds is 1. The summed E-state index contributed by atoms with van der Waals surface area (Å²) in [5.41, 5.74) is 1.23. The molecule has 0 aliphatic carbocycles. The van der Waals surface area contributed by atoms with E-state index in [1.807, 2.05) is 6.92 Å². The van der Waals surface area contributed by atoms with Gasteiger partial charge in [0, 0.05) is 11.5 Å². The standard InChI is InChI=1S/C10H8O4/c1-5-4-14-9-3-8(11)7(10(12)13)2-6(5)9/h2-4,11H,1H3,(H,12,13). The SMILES string of the molecule is Cc1coc2cc(O)c(C(=O)O)cc12. The summed E-state index contributed by atoms with van der Waals surface area (Å²) in [6.45, 7) is 1.81. The Labute approximate surface area is 79.4 Å². The number of aryl methyl sites for hydroxylation is 1. The molecule has 2 rings (SSSR count). The summed E-state index contributed by atoms with van der Waals surface area (Å²) < 4.78 is 5.11. The molecule has 4 nitrogen and oxygen atoms in total. The van der Waals surface area contributed by atoms with Gasteiger partial charge >= 0.3 is 5.97 Å². The Balaban J connectivity index is 2.80. The van der Waals surface area contributed by atoms with Crippen molar-refractivity contribution in [1.82, 2.24) is 0 Å². The van der Waals surface area contributed by atoms with E-state index in [-0.39, 0.29) is 11.3 Å². The van der Waals surface area contributed by atoms with Gasteiger partial charge in [-0.15, -0.1) is 0 Å². The van der Waals surface area contributed by atoms with Gasteiger partial charge in [0.15, 0.2) is 0 Å². The first-order valence-corrected chi connectivity index (χ1v) is 4.03. The minimum absolute atomic E-state index is 0.109. The third-order valence-electron chi connectivity index (χ3n) is 2.12. The van der Waals surface area contributed by atoms with Gasteiger partial charge in [-0.25, -0.2) is 4.79 Å². The molecule has 0 bridgehead atoms. The van der Waals surface area contributed by atoms with Gasteiger partial charge in [-0.3, -0.25) is 0 Å². The molecule has 0 atom stereocenters. The van der Waals surface area contributed by atoms with E-state index >= 15 is 0 Å². The van der Waals surface area contributed by atoms with Gasteiger partial charge < -0.3 is 14.6 Å². The highest BCUT2D eigenvalue weighted by molar-refractivity contribution is 5.97. The quantitative estimate of drug-likeness (QED) is 0.726. The smallest absolute Gasteiger partial charge is 0.339 e. The Hall–Kier alpha value is -1.97. The Kier molecular flexibility index (Phi) is 1.70. The molecule has 1 aromatic carbocycles. The van der Waals surface area contributed by atoms with Gasteiger partial charge in [0.2, 0.25) is 0 Å². The van der Waals surface area contributed by atoms with Crippen LogP contribution in [0, 0.1) is 6.92 Å². The largest absolute Gasteiger partial charge is 0.507 e. The molecule has 1 heterocycles. The number of fused-ring (bicyclic) bond motifs is 1. The second kappa shape index (κ2) is 2.77. The van der Waals surface area contributed by atoms with Crippen LogP contribution in [-0.2, 0) is 0 Å². The highest BCUT2D eigenvalue weighted by Crippen LogP contribution is 2.28. The molecule has 2 aromatic rings. The average molecular weight is 192 g/mol. The number of benzene rings is 1. The number of phenols is 1. The van der Waals surface area contributed by atoms with E-state index in [2.05, 4.69) is 0 Å². The second-order valence-electron chi connectivity index (χ2n) is 3.09. The number of furan rings is 1. The molecular formula is C10H8O4. The molecule has 0 spiro atoms. The predicted octanol–water partition coefficient (Wildman–Crippen LogP) is 2.15. The molecular weight excluding hydrogens is 184 g/mol. The number of carboxylic acids is 1. The summed E-state index contributed by atoms with van der Waals surface area (Å²) in [5, 5.41) is 18.8. The van der Waals surface area contributed by atoms with Crippen LogP contribution in [0.1, 0.15) is 15.9 Å². The maximum Gasteiger partial charge on any atom is 0.339 e. The molecule has 0 amide bonds. The normalized spacial score (nSPS) is 10.6. The van der Waals surface area contributed by atoms with Gasteiger partial charge in [-0.2, -0.15) is 0 Å². The van der Waals surface area contributed by atoms with Crippen LogP contribution < -0.4 is 0 Å². The van der Waals surface area contributed by atoms with Crippen molar-refractivity contribution < 1.29 is 19.4 Å². The van der Waals surface area contributed by atoms with Gasteiger partial charge in [0.1, 0.15) is 16.9 Å². The summed E-state index contributed by atoms with van der Waals surface area (Å²) in [7, 11) is 0. The van der Waals surface area contributed by atoms with Crippen LogP contribution in [0.3, 0.4) is 0 Å². The van der Waals surface area contributed by atoms with E-state index in [1.165, 1.54) is 18.4 Å². The third kappa shape index (κ3) is 1.12. The minimum Gasteiger partial charge on any atom is -0.507 e. The molecule has 1 aromatic heterocycles. The van der Waals surface area contributed by atoms with Crippen molar-refractivity contribution in [2.24, 2.45) is 0 Å². The van der Waals surface area contributed by atoms with Crippen LogP contribution in [-0.4, -0.2) is 16.2 Å². The van der Waals surface area contributed by atoms with E-state index in [9.17, 15) is 9.90 Å². The highest BCUT2D eigenvalue weighted by atomic mass is 16.4. The number of aromatic carboxylic acids is 1. The van der Waals surface area contributed by atoms with Crippen LogP contribution in [0.25, 0.3) is 11.0 Å². The summed E-state index contributed by atoms with van der Waals surface area (Å²) in [4.78, 5) is 10.7. The third-order valence-corrected chi connectivity index (χ3v) is 2.12. The molecule has 0 radical (unpaired) electrons. The van der Waals surface area contributed by atoms with Crippen molar-refractivity contribution in [1.29, 1.82) is 0 Å². The molecule has 14 heavy (non-hydrogen) atoms. The molecule has 0 fully saturated rings. The minimum atomic E-state index is -1.15. The lowest BCUT2D eigenvalue weighted by atomic mass is 10.1. The molecule has 0 aliphatic rings. The van der Waals surface area contributed by atoms with E-state index in [0.717, 1.165) is 5.56 Å². The van der Waals surface area contributed by atoms with Crippen molar-refractivity contribution in [2.45, 2.75) is 6.92 Å². The molecule has 0 aliphatic heterocycles. The second-order valence-corrected chi connectivity index (χ2v) is 3.09. The van der Waals surface area contributed by atoms with Crippen LogP contribution in [0.5, 0.6) is 5.75 Å². The summed E-state index contributed by atoms with van der Waals surface area (Å²) in [6.07, 6.45) is 1.52. The first-order valence-electron chi connectivity index (χ1n) is 4.03. The van der Waals surface area contributed by atoms with E-state index in [0.29, 0.717) is 11.0 Å². The molecule has 0 saturated heterocycles. The zero-order chi connectivity index (χ0) is 10.3. The maximum absolute atomic E-state index is 10.7. The first kappa shape index (κ1) is 8.62. The lowest BCUT2D eigenvalue weighted by molar-refractivity contribution is 0.0694. The number of hydrogen-bond acceptors (Lipinski definition) is 3. The molecule has 72 valence electrons. The Morgan fingerprint density at radius 2 is 2.14 bits per heavy atom. The summed E-state index contributed by atoms with van der Waals surface area (Å²) >= 11 is 0. The fourth-order valence-corrected chi connectivity index (χ4v) is 1.36. The Morgan fingerprint density at radius 3 is 2.79 bits per heavy atom. The first-order chi connectivity index (χ1) is 6.59. The monoisotopic (exact) mass is 192 g/mol. The maximum atomic E-state index is 10.7. The number of carboxylic acid groups (broad SMARTS) is 1. The van der Waals surface area contributed by atoms with Gasteiger partial charge in [0.05, 0.1) is 6.26 Å². The zero-order valence-corrected chi connectivity index (χ0v) is 7.44. The van der Waals surface area contributed by atoms with E-state index < -0.39 is 5.97 Å². The lowest BCUT2D eigenvalue weighted by Crippen LogP contribution is -1.96. The number of carbonyl (C=O) groups is 1. The number of hydrogen-bond donors (Lipinski definition) is 2. The predicted molar refractivity (Wildman–Crippen MR) is 49.6 cm³/mol. The average Bonchev–Trinajstić information content (AvgIpc) is 2.46. The van der Waals surface area contributed by atoms with Crippen LogP contribution in [0.15, 0.2) is 22.8 Å². The summed E-state index contributed by atoms with van der Waals surface area (Å²) in [5.74, 6) is -1.43. The van der Waals surface area contributed by atoms with E-state index in [1.54, 1.807) is 0 Å². The zero-order valence-electron chi connectivity index (χ0n) is 7.44. The highest BCUT2D eigenvalue weighted by Gasteiger charge is 2.13. The van der Waals surface area contributed by atoms with Crippen LogP contribution >= 0.6 is 0 Å². The van der Waals surface area contributed by atoms with Gasteiger partial charge in [-0.1, -0.05) is 0 Å². The van der Waals surface area contributed by atoms with Crippen molar-refractivity contribution in [2.75, 3.05) is 0 Å². The fourth-order valence-electron chi connectivity index (χ4n) is 1.36. The topological polar surface area (TPSA) is 70.7 Å². The molecule has 0 saturated carbocycles. The van der Waals surface area contributed by atoms with E-state index in [4.69, 9.17) is 9.52 Å². The van der Waals surface area contributed by atoms with Gasteiger partial charge in [0.25, 0.3) is 0 Å².